The minimum Gasteiger partial charge on any atom is -0.276 e. The molecule has 14 heavy (non-hydrogen) atoms. The summed E-state index contributed by atoms with van der Waals surface area (Å²) in [5, 5.41) is 8.74. The molecular formula is C11H13ClN2. The van der Waals surface area contributed by atoms with Gasteiger partial charge < -0.3 is 0 Å². The summed E-state index contributed by atoms with van der Waals surface area (Å²) in [7, 11) is 0. The molecule has 0 amide bonds. The fourth-order valence-electron chi connectivity index (χ4n) is 1.56. The molecule has 1 aromatic carbocycles. The topological polar surface area (TPSA) is 28.7 Å². The number of nitrogens with one attached hydrogen (secondary N) is 1. The third kappa shape index (κ3) is 1.40. The van der Waals surface area contributed by atoms with E-state index in [0.29, 0.717) is 0 Å². The van der Waals surface area contributed by atoms with Crippen LogP contribution in [0.4, 0.5) is 0 Å². The van der Waals surface area contributed by atoms with Gasteiger partial charge in [0.1, 0.15) is 0 Å². The highest BCUT2D eigenvalue weighted by Gasteiger charge is 2.19. The maximum atomic E-state index is 6.30. The van der Waals surface area contributed by atoms with Gasteiger partial charge in [0.2, 0.25) is 0 Å². The van der Waals surface area contributed by atoms with Crippen LogP contribution in [-0.2, 0) is 5.41 Å². The summed E-state index contributed by atoms with van der Waals surface area (Å²) in [5.41, 5.74) is 2.14. The lowest BCUT2D eigenvalue weighted by atomic mass is 9.86. The highest BCUT2D eigenvalue weighted by molar-refractivity contribution is 6.36. The molecule has 0 unspecified atom stereocenters. The Morgan fingerprint density at radius 3 is 2.64 bits per heavy atom. The van der Waals surface area contributed by atoms with Crippen molar-refractivity contribution in [1.29, 1.82) is 0 Å². The second-order valence-electron chi connectivity index (χ2n) is 4.51. The quantitative estimate of drug-likeness (QED) is 0.705. The van der Waals surface area contributed by atoms with Crippen LogP contribution in [0.3, 0.4) is 0 Å². The van der Waals surface area contributed by atoms with E-state index in [9.17, 15) is 0 Å². The third-order valence-corrected chi connectivity index (χ3v) is 2.75. The number of rotatable bonds is 0. The molecule has 1 heterocycles. The van der Waals surface area contributed by atoms with Gasteiger partial charge in [-0.3, -0.25) is 5.10 Å². The van der Waals surface area contributed by atoms with Crippen LogP contribution in [0, 0.1) is 0 Å². The van der Waals surface area contributed by atoms with E-state index in [0.717, 1.165) is 21.5 Å². The van der Waals surface area contributed by atoms with E-state index in [1.54, 1.807) is 6.20 Å². The predicted molar refractivity (Wildman–Crippen MR) is 59.8 cm³/mol. The Morgan fingerprint density at radius 2 is 2.00 bits per heavy atom. The summed E-state index contributed by atoms with van der Waals surface area (Å²) in [6, 6.07) is 4.12. The van der Waals surface area contributed by atoms with Crippen LogP contribution in [0.5, 0.6) is 0 Å². The fourth-order valence-corrected chi connectivity index (χ4v) is 2.06. The van der Waals surface area contributed by atoms with Crippen molar-refractivity contribution in [1.82, 2.24) is 10.2 Å². The first-order valence-corrected chi connectivity index (χ1v) is 5.00. The molecule has 2 aromatic rings. The monoisotopic (exact) mass is 208 g/mol. The van der Waals surface area contributed by atoms with Crippen LogP contribution in [0.25, 0.3) is 10.9 Å². The van der Waals surface area contributed by atoms with Gasteiger partial charge in [-0.25, -0.2) is 0 Å². The zero-order valence-corrected chi connectivity index (χ0v) is 9.31. The molecule has 2 rings (SSSR count). The number of fused-ring (bicyclic) bond motifs is 1. The van der Waals surface area contributed by atoms with Crippen LogP contribution >= 0.6 is 11.6 Å². The molecule has 0 radical (unpaired) electrons. The minimum absolute atomic E-state index is 0.0659. The Morgan fingerprint density at radius 1 is 1.29 bits per heavy atom. The van der Waals surface area contributed by atoms with Crippen molar-refractivity contribution in [2.75, 3.05) is 0 Å². The van der Waals surface area contributed by atoms with Gasteiger partial charge in [-0.2, -0.15) is 5.10 Å². The van der Waals surface area contributed by atoms with E-state index < -0.39 is 0 Å². The number of nitrogens with zero attached hydrogens (tertiary/aromatic N) is 1. The molecular weight excluding hydrogens is 196 g/mol. The summed E-state index contributed by atoms with van der Waals surface area (Å²) < 4.78 is 0. The molecule has 0 saturated carbocycles. The molecule has 0 atom stereocenters. The molecule has 0 saturated heterocycles. The SMILES string of the molecule is CC(C)(C)c1ccc2cn[nH]c2c1Cl. The van der Waals surface area contributed by atoms with Gasteiger partial charge in [0.25, 0.3) is 0 Å². The van der Waals surface area contributed by atoms with Crippen LogP contribution in [0.15, 0.2) is 18.3 Å². The van der Waals surface area contributed by atoms with Gasteiger partial charge in [0.15, 0.2) is 0 Å². The Bertz CT molecular complexity index is 466. The molecule has 1 aromatic heterocycles. The molecule has 0 fully saturated rings. The van der Waals surface area contributed by atoms with E-state index in [2.05, 4.69) is 37.0 Å². The Kier molecular flexibility index (Phi) is 2.04. The molecule has 0 spiro atoms. The fraction of sp³-hybridized carbons (Fsp3) is 0.364. The van der Waals surface area contributed by atoms with Gasteiger partial charge in [-0.1, -0.05) is 44.5 Å². The number of hydrogen-bond acceptors (Lipinski definition) is 1. The number of H-pyrrole nitrogens is 1. The normalized spacial score (nSPS) is 12.3. The van der Waals surface area contributed by atoms with E-state index in [-0.39, 0.29) is 5.41 Å². The first-order chi connectivity index (χ1) is 6.50. The minimum atomic E-state index is 0.0659. The summed E-state index contributed by atoms with van der Waals surface area (Å²) in [4.78, 5) is 0. The summed E-state index contributed by atoms with van der Waals surface area (Å²) >= 11 is 6.30. The van der Waals surface area contributed by atoms with Gasteiger partial charge in [-0.05, 0) is 11.0 Å². The Labute approximate surface area is 88.3 Å². The van der Waals surface area contributed by atoms with Crippen molar-refractivity contribution in [2.45, 2.75) is 26.2 Å². The summed E-state index contributed by atoms with van der Waals surface area (Å²) in [5.74, 6) is 0. The van der Waals surface area contributed by atoms with Crippen LogP contribution in [-0.4, -0.2) is 10.2 Å². The van der Waals surface area contributed by atoms with Gasteiger partial charge >= 0.3 is 0 Å². The van der Waals surface area contributed by atoms with Gasteiger partial charge in [0.05, 0.1) is 16.7 Å². The van der Waals surface area contributed by atoms with Crippen LogP contribution < -0.4 is 0 Å². The maximum Gasteiger partial charge on any atom is 0.0839 e. The van der Waals surface area contributed by atoms with Crippen molar-refractivity contribution in [3.8, 4) is 0 Å². The number of benzene rings is 1. The number of aromatic amines is 1. The average Bonchev–Trinajstić information content (AvgIpc) is 2.50. The van der Waals surface area contributed by atoms with Crippen molar-refractivity contribution >= 4 is 22.5 Å². The first-order valence-electron chi connectivity index (χ1n) is 4.62. The second-order valence-corrected chi connectivity index (χ2v) is 4.89. The zero-order chi connectivity index (χ0) is 10.3. The highest BCUT2D eigenvalue weighted by Crippen LogP contribution is 2.33. The van der Waals surface area contributed by atoms with Gasteiger partial charge in [-0.15, -0.1) is 0 Å². The number of halogens is 1. The third-order valence-electron chi connectivity index (χ3n) is 2.36. The Balaban J connectivity index is 2.74. The lowest BCUT2D eigenvalue weighted by Crippen LogP contribution is -2.11. The van der Waals surface area contributed by atoms with Crippen LogP contribution in [0.1, 0.15) is 26.3 Å². The number of aromatic nitrogens is 2. The smallest absolute Gasteiger partial charge is 0.0839 e. The van der Waals surface area contributed by atoms with E-state index in [1.165, 1.54) is 0 Å². The molecule has 2 nitrogen and oxygen atoms in total. The predicted octanol–water partition coefficient (Wildman–Crippen LogP) is 3.51. The lowest BCUT2D eigenvalue weighted by Gasteiger charge is -2.20. The van der Waals surface area contributed by atoms with E-state index in [4.69, 9.17) is 11.6 Å². The molecule has 1 N–H and O–H groups in total. The maximum absolute atomic E-state index is 6.30. The molecule has 0 aliphatic rings. The van der Waals surface area contributed by atoms with Crippen molar-refractivity contribution < 1.29 is 0 Å². The molecule has 3 heteroatoms. The first kappa shape index (κ1) is 9.53. The average molecular weight is 209 g/mol. The second kappa shape index (κ2) is 2.99. The highest BCUT2D eigenvalue weighted by atomic mass is 35.5. The summed E-state index contributed by atoms with van der Waals surface area (Å²) in [6.07, 6.45) is 1.79. The van der Waals surface area contributed by atoms with Crippen molar-refractivity contribution in [3.05, 3.63) is 28.9 Å². The Hall–Kier alpha value is -1.02. The lowest BCUT2D eigenvalue weighted by molar-refractivity contribution is 0.591. The number of hydrogen-bond donors (Lipinski definition) is 1. The molecule has 0 bridgehead atoms. The molecule has 0 aliphatic carbocycles. The van der Waals surface area contributed by atoms with E-state index in [1.807, 2.05) is 6.07 Å². The van der Waals surface area contributed by atoms with Crippen molar-refractivity contribution in [3.63, 3.8) is 0 Å². The van der Waals surface area contributed by atoms with Crippen molar-refractivity contribution in [2.24, 2.45) is 0 Å². The van der Waals surface area contributed by atoms with E-state index >= 15 is 0 Å². The molecule has 0 aliphatic heterocycles. The standard InChI is InChI=1S/C11H13ClN2/c1-11(2,3)8-5-4-7-6-13-14-10(7)9(8)12/h4-6H,1-3H3,(H,13,14). The zero-order valence-electron chi connectivity index (χ0n) is 8.56. The largest absolute Gasteiger partial charge is 0.276 e. The van der Waals surface area contributed by atoms with Crippen LogP contribution in [0.2, 0.25) is 5.02 Å². The van der Waals surface area contributed by atoms with Gasteiger partial charge in [0, 0.05) is 5.39 Å². The molecule has 74 valence electrons. The summed E-state index contributed by atoms with van der Waals surface area (Å²) in [6.45, 7) is 6.45.